The number of aromatic nitrogens is 3. The highest BCUT2D eigenvalue weighted by atomic mass is 35.5. The zero-order valence-corrected chi connectivity index (χ0v) is 22.7. The summed E-state index contributed by atoms with van der Waals surface area (Å²) in [5, 5.41) is 23.1. The fourth-order valence-corrected chi connectivity index (χ4v) is 6.57. The Morgan fingerprint density at radius 1 is 1.50 bits per heavy atom. The molecule has 1 amide bonds. The summed E-state index contributed by atoms with van der Waals surface area (Å²) in [5.41, 5.74) is 1.73. The number of ether oxygens (including phenoxy) is 1. The number of carbonyl (C=O) groups excluding carboxylic acids is 1. The van der Waals surface area contributed by atoms with Crippen LogP contribution in [0.1, 0.15) is 54.6 Å². The minimum absolute atomic E-state index is 0.143. The number of benzene rings is 1. The maximum Gasteiger partial charge on any atom is 0.235 e. The summed E-state index contributed by atoms with van der Waals surface area (Å²) < 4.78 is 7.89. The number of thiophene rings is 1. The van der Waals surface area contributed by atoms with Gasteiger partial charge in [-0.3, -0.25) is 9.36 Å². The van der Waals surface area contributed by atoms with Gasteiger partial charge in [0.25, 0.3) is 0 Å². The molecule has 0 saturated carbocycles. The van der Waals surface area contributed by atoms with Crippen LogP contribution in [0.3, 0.4) is 0 Å². The standard InChI is InChI=1S/C26H28ClN5O2S2/c1-4-11-32-24(16(3)34-19-8-6-7-18(27)13-19)30-31-26(32)35-15-23(33)29-25-21(14-28)20-10-9-17(5-2)12-22(20)36-25/h4,6-8,13,16-17H,1,5,9-12,15H2,2-3H3,(H,29,33). The number of nitrogens with zero attached hydrogens (tertiary/aromatic N) is 4. The highest BCUT2D eigenvalue weighted by molar-refractivity contribution is 7.99. The fourth-order valence-electron chi connectivity index (χ4n) is 4.31. The normalized spacial score (nSPS) is 15.6. The average molecular weight is 542 g/mol. The molecule has 7 nitrogen and oxygen atoms in total. The fraction of sp³-hybridized carbons (Fsp3) is 0.385. The second-order valence-corrected chi connectivity index (χ2v) is 11.1. The van der Waals surface area contributed by atoms with Gasteiger partial charge < -0.3 is 10.1 Å². The molecular weight excluding hydrogens is 514 g/mol. The maximum atomic E-state index is 12.8. The number of nitrogens with one attached hydrogen (secondary N) is 1. The molecule has 10 heteroatoms. The van der Waals surface area contributed by atoms with Crippen LogP contribution in [0.4, 0.5) is 5.00 Å². The van der Waals surface area contributed by atoms with Gasteiger partial charge in [-0.05, 0) is 55.9 Å². The third-order valence-corrected chi connectivity index (χ3v) is 8.54. The summed E-state index contributed by atoms with van der Waals surface area (Å²) in [6.45, 7) is 8.40. The molecular formula is C26H28ClN5O2S2. The van der Waals surface area contributed by atoms with Gasteiger partial charge in [0.05, 0.1) is 11.3 Å². The molecule has 0 saturated heterocycles. The van der Waals surface area contributed by atoms with Crippen molar-refractivity contribution < 1.29 is 9.53 Å². The highest BCUT2D eigenvalue weighted by Crippen LogP contribution is 2.40. The van der Waals surface area contributed by atoms with Crippen molar-refractivity contribution >= 4 is 45.6 Å². The molecule has 0 radical (unpaired) electrons. The van der Waals surface area contributed by atoms with Crippen molar-refractivity contribution in [1.82, 2.24) is 14.8 Å². The van der Waals surface area contributed by atoms with Crippen LogP contribution in [0.2, 0.25) is 5.02 Å². The first kappa shape index (κ1) is 26.3. The van der Waals surface area contributed by atoms with Crippen molar-refractivity contribution in [2.75, 3.05) is 11.1 Å². The van der Waals surface area contributed by atoms with Gasteiger partial charge >= 0.3 is 0 Å². The van der Waals surface area contributed by atoms with Gasteiger partial charge in [-0.2, -0.15) is 5.26 Å². The van der Waals surface area contributed by atoms with Crippen LogP contribution < -0.4 is 10.1 Å². The largest absolute Gasteiger partial charge is 0.483 e. The van der Waals surface area contributed by atoms with E-state index in [1.54, 1.807) is 29.5 Å². The molecule has 36 heavy (non-hydrogen) atoms. The van der Waals surface area contributed by atoms with E-state index < -0.39 is 0 Å². The average Bonchev–Trinajstić information content (AvgIpc) is 3.42. The molecule has 0 fully saturated rings. The zero-order chi connectivity index (χ0) is 25.7. The molecule has 2 aromatic heterocycles. The lowest BCUT2D eigenvalue weighted by Crippen LogP contribution is -2.15. The smallest absolute Gasteiger partial charge is 0.235 e. The number of rotatable bonds is 10. The Balaban J connectivity index is 1.43. The van der Waals surface area contributed by atoms with Gasteiger partial charge in [-0.1, -0.05) is 48.8 Å². The number of thioether (sulfide) groups is 1. The third kappa shape index (κ3) is 5.94. The minimum atomic E-state index is -0.387. The minimum Gasteiger partial charge on any atom is -0.483 e. The van der Waals surface area contributed by atoms with Gasteiger partial charge in [-0.15, -0.1) is 28.1 Å². The number of anilines is 1. The number of fused-ring (bicyclic) bond motifs is 1. The molecule has 4 rings (SSSR count). The molecule has 2 heterocycles. The summed E-state index contributed by atoms with van der Waals surface area (Å²) in [7, 11) is 0. The lowest BCUT2D eigenvalue weighted by molar-refractivity contribution is -0.113. The Labute approximate surface area is 224 Å². The second kappa shape index (κ2) is 12.0. The topological polar surface area (TPSA) is 92.8 Å². The SMILES string of the molecule is C=CCn1c(SCC(=O)Nc2sc3c(c2C#N)CCC(CC)C3)nnc1C(C)Oc1cccc(Cl)c1. The van der Waals surface area contributed by atoms with E-state index in [9.17, 15) is 10.1 Å². The number of nitriles is 1. The van der Waals surface area contributed by atoms with Crippen LogP contribution >= 0.6 is 34.7 Å². The highest BCUT2D eigenvalue weighted by Gasteiger charge is 2.26. The summed E-state index contributed by atoms with van der Waals surface area (Å²) >= 11 is 8.89. The summed E-state index contributed by atoms with van der Waals surface area (Å²) in [5.74, 6) is 1.87. The summed E-state index contributed by atoms with van der Waals surface area (Å²) in [4.78, 5) is 14.1. The van der Waals surface area contributed by atoms with E-state index in [1.165, 1.54) is 16.6 Å². The van der Waals surface area contributed by atoms with Crippen molar-refractivity contribution in [3.63, 3.8) is 0 Å². The van der Waals surface area contributed by atoms with Crippen LogP contribution in [-0.2, 0) is 24.2 Å². The Hall–Kier alpha value is -2.80. The lowest BCUT2D eigenvalue weighted by atomic mass is 9.86. The summed E-state index contributed by atoms with van der Waals surface area (Å²) in [6.07, 6.45) is 5.48. The number of halogens is 1. The van der Waals surface area contributed by atoms with E-state index in [0.29, 0.717) is 44.8 Å². The third-order valence-electron chi connectivity index (χ3n) is 6.17. The van der Waals surface area contributed by atoms with E-state index in [0.717, 1.165) is 31.2 Å². The van der Waals surface area contributed by atoms with Crippen LogP contribution in [0, 0.1) is 17.2 Å². The molecule has 3 aromatic rings. The lowest BCUT2D eigenvalue weighted by Gasteiger charge is -2.20. The molecule has 188 valence electrons. The van der Waals surface area contributed by atoms with Crippen molar-refractivity contribution in [2.24, 2.45) is 5.92 Å². The van der Waals surface area contributed by atoms with Crippen LogP contribution in [0.25, 0.3) is 0 Å². The molecule has 1 aliphatic rings. The van der Waals surface area contributed by atoms with E-state index in [1.807, 2.05) is 23.6 Å². The van der Waals surface area contributed by atoms with Gasteiger partial charge in [0.15, 0.2) is 17.1 Å². The van der Waals surface area contributed by atoms with Crippen LogP contribution in [0.15, 0.2) is 42.1 Å². The van der Waals surface area contributed by atoms with Crippen molar-refractivity contribution in [1.29, 1.82) is 5.26 Å². The number of hydrogen-bond acceptors (Lipinski definition) is 7. The van der Waals surface area contributed by atoms with Crippen molar-refractivity contribution in [3.8, 4) is 11.8 Å². The van der Waals surface area contributed by atoms with E-state index in [4.69, 9.17) is 16.3 Å². The molecule has 2 unspecified atom stereocenters. The monoisotopic (exact) mass is 541 g/mol. The summed E-state index contributed by atoms with van der Waals surface area (Å²) in [6, 6.07) is 9.49. The predicted octanol–water partition coefficient (Wildman–Crippen LogP) is 6.44. The molecule has 1 N–H and O–H groups in total. The van der Waals surface area contributed by atoms with Crippen LogP contribution in [-0.4, -0.2) is 26.4 Å². The predicted molar refractivity (Wildman–Crippen MR) is 145 cm³/mol. The number of carbonyl (C=O) groups is 1. The molecule has 1 aliphatic carbocycles. The zero-order valence-electron chi connectivity index (χ0n) is 20.3. The number of amides is 1. The number of allylic oxidation sites excluding steroid dienone is 1. The molecule has 2 atom stereocenters. The van der Waals surface area contributed by atoms with Crippen molar-refractivity contribution in [3.05, 3.63) is 63.8 Å². The maximum absolute atomic E-state index is 12.8. The Morgan fingerprint density at radius 2 is 2.33 bits per heavy atom. The van der Waals surface area contributed by atoms with Gasteiger partial charge in [-0.25, -0.2) is 0 Å². The number of hydrogen-bond donors (Lipinski definition) is 1. The van der Waals surface area contributed by atoms with E-state index in [-0.39, 0.29) is 17.8 Å². The first-order chi connectivity index (χ1) is 17.4. The molecule has 1 aromatic carbocycles. The van der Waals surface area contributed by atoms with Crippen LogP contribution in [0.5, 0.6) is 5.75 Å². The Kier molecular flexibility index (Phi) is 8.72. The second-order valence-electron chi connectivity index (χ2n) is 8.63. The van der Waals surface area contributed by atoms with Gasteiger partial charge in [0.2, 0.25) is 5.91 Å². The Bertz CT molecular complexity index is 1300. The van der Waals surface area contributed by atoms with E-state index in [2.05, 4.69) is 35.1 Å². The van der Waals surface area contributed by atoms with E-state index >= 15 is 0 Å². The molecule has 0 bridgehead atoms. The molecule has 0 spiro atoms. The quantitative estimate of drug-likeness (QED) is 0.234. The Morgan fingerprint density at radius 3 is 3.06 bits per heavy atom. The first-order valence-electron chi connectivity index (χ1n) is 11.9. The first-order valence-corrected chi connectivity index (χ1v) is 14.0. The van der Waals surface area contributed by atoms with Gasteiger partial charge in [0.1, 0.15) is 16.8 Å². The molecule has 0 aliphatic heterocycles. The van der Waals surface area contributed by atoms with Gasteiger partial charge in [0, 0.05) is 16.4 Å². The van der Waals surface area contributed by atoms with Crippen molar-refractivity contribution in [2.45, 2.75) is 57.3 Å².